The largest absolute Gasteiger partial charge is 0.468 e. The summed E-state index contributed by atoms with van der Waals surface area (Å²) in [6.45, 7) is 0. The third-order valence-electron chi connectivity index (χ3n) is 2.96. The van der Waals surface area contributed by atoms with Crippen LogP contribution in [0.15, 0.2) is 40.3 Å². The highest BCUT2D eigenvalue weighted by Gasteiger charge is 2.27. The molecule has 1 unspecified atom stereocenters. The first-order valence-corrected chi connectivity index (χ1v) is 7.66. The van der Waals surface area contributed by atoms with Crippen LogP contribution >= 0.6 is 23.4 Å². The van der Waals surface area contributed by atoms with E-state index in [0.29, 0.717) is 15.5 Å². The van der Waals surface area contributed by atoms with Gasteiger partial charge in [0.15, 0.2) is 5.82 Å². The van der Waals surface area contributed by atoms with Crippen molar-refractivity contribution in [2.24, 2.45) is 5.11 Å². The van der Waals surface area contributed by atoms with Crippen molar-refractivity contribution in [2.45, 2.75) is 10.1 Å². The number of pyridine rings is 1. The summed E-state index contributed by atoms with van der Waals surface area (Å²) in [5, 5.41) is 3.04. The number of hydrogen-bond donors (Lipinski definition) is 3. The molecule has 0 bridgehead atoms. The molecule has 0 spiro atoms. The molecule has 23 heavy (non-hydrogen) atoms. The normalized spacial score (nSPS) is 11.7. The Morgan fingerprint density at radius 3 is 2.74 bits per heavy atom. The summed E-state index contributed by atoms with van der Waals surface area (Å²) in [7, 11) is 1.29. The number of rotatable bonds is 5. The molecule has 5 N–H and O–H groups in total. The van der Waals surface area contributed by atoms with Crippen LogP contribution in [-0.2, 0) is 9.53 Å². The number of anilines is 2. The Morgan fingerprint density at radius 2 is 2.13 bits per heavy atom. The molecule has 9 heteroatoms. The van der Waals surface area contributed by atoms with Crippen molar-refractivity contribution in [1.82, 2.24) is 4.98 Å². The van der Waals surface area contributed by atoms with Crippen LogP contribution in [0.5, 0.6) is 0 Å². The summed E-state index contributed by atoms with van der Waals surface area (Å²) in [4.78, 5) is 16.5. The molecule has 0 saturated heterocycles. The SMILES string of the molecule is COC(=O)C(Sc1cc(N)nc(N)c1N=N)c1ccccc1Cl. The lowest BCUT2D eigenvalue weighted by atomic mass is 10.1. The average Bonchev–Trinajstić information content (AvgIpc) is 2.52. The maximum atomic E-state index is 12.2. The van der Waals surface area contributed by atoms with Crippen molar-refractivity contribution in [2.75, 3.05) is 18.6 Å². The number of nitrogens with two attached hydrogens (primary N) is 2. The molecule has 1 aromatic heterocycles. The van der Waals surface area contributed by atoms with Gasteiger partial charge < -0.3 is 16.2 Å². The Bertz CT molecular complexity index is 756. The number of nitrogen functional groups attached to an aromatic ring is 2. The predicted octanol–water partition coefficient (Wildman–Crippen LogP) is 3.57. The van der Waals surface area contributed by atoms with Crippen LogP contribution in [0, 0.1) is 5.53 Å². The van der Waals surface area contributed by atoms with Gasteiger partial charge in [0.1, 0.15) is 16.8 Å². The maximum Gasteiger partial charge on any atom is 0.323 e. The molecule has 1 atom stereocenters. The first kappa shape index (κ1) is 17.0. The van der Waals surface area contributed by atoms with Gasteiger partial charge in [0, 0.05) is 9.92 Å². The molecule has 2 aromatic rings. The lowest BCUT2D eigenvalue weighted by molar-refractivity contribution is -0.140. The number of carbonyl (C=O) groups is 1. The zero-order valence-electron chi connectivity index (χ0n) is 12.1. The monoisotopic (exact) mass is 351 g/mol. The van der Waals surface area contributed by atoms with Gasteiger partial charge in [0.2, 0.25) is 0 Å². The molecule has 0 aliphatic carbocycles. The fraction of sp³-hybridized carbons (Fsp3) is 0.143. The molecular weight excluding hydrogens is 338 g/mol. The number of methoxy groups -OCH3 is 1. The third kappa shape index (κ3) is 3.72. The van der Waals surface area contributed by atoms with Crippen molar-refractivity contribution in [3.05, 3.63) is 40.9 Å². The van der Waals surface area contributed by atoms with Crippen LogP contribution in [-0.4, -0.2) is 18.1 Å². The molecule has 120 valence electrons. The van der Waals surface area contributed by atoms with Crippen molar-refractivity contribution in [3.63, 3.8) is 0 Å². The second kappa shape index (κ2) is 7.30. The highest BCUT2D eigenvalue weighted by Crippen LogP contribution is 2.44. The van der Waals surface area contributed by atoms with Crippen LogP contribution in [0.4, 0.5) is 17.3 Å². The van der Waals surface area contributed by atoms with E-state index in [-0.39, 0.29) is 17.3 Å². The van der Waals surface area contributed by atoms with Gasteiger partial charge in [-0.15, -0.1) is 11.8 Å². The lowest BCUT2D eigenvalue weighted by Gasteiger charge is -2.17. The summed E-state index contributed by atoms with van der Waals surface area (Å²) < 4.78 is 4.85. The molecule has 0 aliphatic heterocycles. The molecule has 0 amide bonds. The van der Waals surface area contributed by atoms with E-state index in [0.717, 1.165) is 11.8 Å². The van der Waals surface area contributed by atoms with Crippen molar-refractivity contribution >= 4 is 46.7 Å². The number of benzene rings is 1. The van der Waals surface area contributed by atoms with E-state index < -0.39 is 11.2 Å². The van der Waals surface area contributed by atoms with E-state index >= 15 is 0 Å². The van der Waals surface area contributed by atoms with Gasteiger partial charge in [-0.05, 0) is 17.7 Å². The molecule has 2 rings (SSSR count). The fourth-order valence-electron chi connectivity index (χ4n) is 1.92. The summed E-state index contributed by atoms with van der Waals surface area (Å²) >= 11 is 7.27. The van der Waals surface area contributed by atoms with E-state index in [1.165, 1.54) is 13.2 Å². The number of hydrogen-bond acceptors (Lipinski definition) is 8. The molecule has 1 aromatic carbocycles. The quantitative estimate of drug-likeness (QED) is 0.429. The number of halogens is 1. The Hall–Kier alpha value is -2.32. The number of thioether (sulfide) groups is 1. The molecule has 0 saturated carbocycles. The number of aromatic nitrogens is 1. The van der Waals surface area contributed by atoms with Crippen LogP contribution in [0.25, 0.3) is 0 Å². The average molecular weight is 352 g/mol. The number of nitrogens with zero attached hydrogens (tertiary/aromatic N) is 2. The number of carbonyl (C=O) groups excluding carboxylic acids is 1. The van der Waals surface area contributed by atoms with Gasteiger partial charge in [0.25, 0.3) is 0 Å². The first-order valence-electron chi connectivity index (χ1n) is 6.40. The Morgan fingerprint density at radius 1 is 1.43 bits per heavy atom. The third-order valence-corrected chi connectivity index (χ3v) is 4.56. The summed E-state index contributed by atoms with van der Waals surface area (Å²) in [5.41, 5.74) is 19.4. The Balaban J connectivity index is 2.50. The van der Waals surface area contributed by atoms with Gasteiger partial charge in [-0.2, -0.15) is 5.11 Å². The van der Waals surface area contributed by atoms with E-state index in [9.17, 15) is 4.79 Å². The molecule has 0 fully saturated rings. The van der Waals surface area contributed by atoms with Gasteiger partial charge in [-0.1, -0.05) is 29.8 Å². The summed E-state index contributed by atoms with van der Waals surface area (Å²) in [5.74, 6) is -0.307. The smallest absolute Gasteiger partial charge is 0.323 e. The predicted molar refractivity (Wildman–Crippen MR) is 89.9 cm³/mol. The van der Waals surface area contributed by atoms with Crippen molar-refractivity contribution in [3.8, 4) is 0 Å². The second-order valence-electron chi connectivity index (χ2n) is 4.43. The summed E-state index contributed by atoms with van der Waals surface area (Å²) in [6, 6.07) is 8.43. The fourth-order valence-corrected chi connectivity index (χ4v) is 3.45. The maximum absolute atomic E-state index is 12.2. The zero-order chi connectivity index (χ0) is 17.0. The zero-order valence-corrected chi connectivity index (χ0v) is 13.7. The Labute approximate surface area is 141 Å². The number of ether oxygens (including phenoxy) is 1. The minimum Gasteiger partial charge on any atom is -0.468 e. The van der Waals surface area contributed by atoms with Gasteiger partial charge in [-0.3, -0.25) is 4.79 Å². The van der Waals surface area contributed by atoms with Crippen molar-refractivity contribution in [1.29, 1.82) is 5.53 Å². The molecule has 1 heterocycles. The molecule has 7 nitrogen and oxygen atoms in total. The van der Waals surface area contributed by atoms with Gasteiger partial charge >= 0.3 is 5.97 Å². The standard InChI is InChI=1S/C14H14ClN5O2S/c1-22-14(21)12(7-4-2-3-5-8(7)15)23-9-6-10(16)19-13(17)11(9)20-18/h2-6,12,18H,1H3,(H4,16,17,19). The highest BCUT2D eigenvalue weighted by molar-refractivity contribution is 8.00. The Kier molecular flexibility index (Phi) is 5.41. The van der Waals surface area contributed by atoms with Crippen LogP contribution in [0.3, 0.4) is 0 Å². The van der Waals surface area contributed by atoms with E-state index in [1.807, 2.05) is 0 Å². The molecular formula is C14H14ClN5O2S. The summed E-state index contributed by atoms with van der Waals surface area (Å²) in [6.07, 6.45) is 0. The van der Waals surface area contributed by atoms with Gasteiger partial charge in [-0.25, -0.2) is 10.5 Å². The molecule has 0 radical (unpaired) electrons. The minimum atomic E-state index is -0.754. The van der Waals surface area contributed by atoms with E-state index in [1.54, 1.807) is 24.3 Å². The highest BCUT2D eigenvalue weighted by atomic mass is 35.5. The van der Waals surface area contributed by atoms with Crippen LogP contribution < -0.4 is 11.5 Å². The molecule has 0 aliphatic rings. The van der Waals surface area contributed by atoms with Crippen LogP contribution in [0.2, 0.25) is 5.02 Å². The first-order chi connectivity index (χ1) is 11.0. The minimum absolute atomic E-state index is 0.0188. The van der Waals surface area contributed by atoms with Crippen LogP contribution in [0.1, 0.15) is 10.8 Å². The van der Waals surface area contributed by atoms with E-state index in [4.69, 9.17) is 33.3 Å². The van der Waals surface area contributed by atoms with Crippen molar-refractivity contribution < 1.29 is 9.53 Å². The number of esters is 1. The second-order valence-corrected chi connectivity index (χ2v) is 5.99. The van der Waals surface area contributed by atoms with E-state index in [2.05, 4.69) is 10.1 Å². The topological polar surface area (TPSA) is 127 Å². The number of nitrogens with one attached hydrogen (secondary N) is 1. The lowest BCUT2D eigenvalue weighted by Crippen LogP contribution is -2.12. The van der Waals surface area contributed by atoms with Gasteiger partial charge in [0.05, 0.1) is 7.11 Å².